The van der Waals surface area contributed by atoms with Crippen LogP contribution in [0.1, 0.15) is 36.2 Å². The molecule has 0 unspecified atom stereocenters. The Balaban J connectivity index is 1.46. The second-order valence-corrected chi connectivity index (χ2v) is 8.42. The number of hydrogen-bond donors (Lipinski definition) is 0. The first-order valence-electron chi connectivity index (χ1n) is 11.7. The van der Waals surface area contributed by atoms with Gasteiger partial charge in [-0.25, -0.2) is 0 Å². The van der Waals surface area contributed by atoms with Gasteiger partial charge in [-0.15, -0.1) is 0 Å². The van der Waals surface area contributed by atoms with Crippen molar-refractivity contribution in [3.8, 4) is 17.2 Å². The molecule has 0 fully saturated rings. The fourth-order valence-electron chi connectivity index (χ4n) is 4.66. The van der Waals surface area contributed by atoms with E-state index in [0.29, 0.717) is 6.61 Å². The van der Waals surface area contributed by atoms with Crippen LogP contribution in [-0.2, 0) is 13.1 Å². The molecule has 5 rings (SSSR count). The lowest BCUT2D eigenvalue weighted by molar-refractivity contribution is 0.220. The lowest BCUT2D eigenvalue weighted by Crippen LogP contribution is -2.29. The van der Waals surface area contributed by atoms with Crippen molar-refractivity contribution in [3.63, 3.8) is 0 Å². The smallest absolute Gasteiger partial charge is 0.127 e. The zero-order valence-electron chi connectivity index (χ0n) is 19.1. The summed E-state index contributed by atoms with van der Waals surface area (Å²) in [5.41, 5.74) is 3.87. The third-order valence-electron chi connectivity index (χ3n) is 6.13. The van der Waals surface area contributed by atoms with Gasteiger partial charge in [0.15, 0.2) is 0 Å². The van der Waals surface area contributed by atoms with E-state index in [4.69, 9.17) is 9.47 Å². The van der Waals surface area contributed by atoms with Crippen LogP contribution in [0.5, 0.6) is 17.2 Å². The third-order valence-corrected chi connectivity index (χ3v) is 6.13. The quantitative estimate of drug-likeness (QED) is 0.322. The van der Waals surface area contributed by atoms with E-state index in [-0.39, 0.29) is 6.04 Å². The molecular formula is C29H30N2O2. The largest absolute Gasteiger partial charge is 0.494 e. The van der Waals surface area contributed by atoms with Gasteiger partial charge in [-0.05, 0) is 73.0 Å². The SMILES string of the molecule is CCOc1ccc(CN2CCCn3cccc3[C@@H]2c2cccc(Oc3ccccc3)c2)cc1. The second-order valence-electron chi connectivity index (χ2n) is 8.42. The molecule has 2 heterocycles. The van der Waals surface area contributed by atoms with Crippen LogP contribution < -0.4 is 9.47 Å². The molecule has 0 bridgehead atoms. The van der Waals surface area contributed by atoms with Gasteiger partial charge < -0.3 is 14.0 Å². The van der Waals surface area contributed by atoms with E-state index in [1.807, 2.05) is 43.3 Å². The average molecular weight is 439 g/mol. The Morgan fingerprint density at radius 3 is 2.42 bits per heavy atom. The molecular weight excluding hydrogens is 408 g/mol. The Kier molecular flexibility index (Phi) is 6.45. The van der Waals surface area contributed by atoms with Gasteiger partial charge in [-0.3, -0.25) is 4.90 Å². The molecule has 0 spiro atoms. The van der Waals surface area contributed by atoms with Crippen molar-refractivity contribution in [1.29, 1.82) is 0 Å². The summed E-state index contributed by atoms with van der Waals surface area (Å²) in [5, 5.41) is 0. The zero-order valence-corrected chi connectivity index (χ0v) is 19.1. The number of rotatable bonds is 7. The van der Waals surface area contributed by atoms with Crippen LogP contribution in [0.25, 0.3) is 0 Å². The molecule has 3 aromatic carbocycles. The third kappa shape index (κ3) is 4.96. The highest BCUT2D eigenvalue weighted by molar-refractivity contribution is 5.38. The topological polar surface area (TPSA) is 26.6 Å². The molecule has 1 atom stereocenters. The van der Waals surface area contributed by atoms with Gasteiger partial charge in [-0.2, -0.15) is 0 Å². The molecule has 4 heteroatoms. The molecule has 0 aliphatic carbocycles. The molecule has 0 amide bonds. The summed E-state index contributed by atoms with van der Waals surface area (Å²) in [6.07, 6.45) is 3.32. The molecule has 0 N–H and O–H groups in total. The molecule has 1 aliphatic rings. The van der Waals surface area contributed by atoms with Gasteiger partial charge in [-0.1, -0.05) is 42.5 Å². The average Bonchev–Trinajstić information content (AvgIpc) is 3.22. The monoisotopic (exact) mass is 438 g/mol. The summed E-state index contributed by atoms with van der Waals surface area (Å²) in [4.78, 5) is 2.58. The first-order chi connectivity index (χ1) is 16.3. The van der Waals surface area contributed by atoms with Crippen molar-refractivity contribution in [1.82, 2.24) is 9.47 Å². The Labute approximate surface area is 196 Å². The predicted octanol–water partition coefficient (Wildman–Crippen LogP) is 6.67. The lowest BCUT2D eigenvalue weighted by atomic mass is 10.0. The minimum Gasteiger partial charge on any atom is -0.494 e. The van der Waals surface area contributed by atoms with Crippen LogP contribution >= 0.6 is 0 Å². The van der Waals surface area contributed by atoms with Gasteiger partial charge in [0, 0.05) is 31.5 Å². The van der Waals surface area contributed by atoms with Crippen molar-refractivity contribution in [2.24, 2.45) is 0 Å². The van der Waals surface area contributed by atoms with Gasteiger partial charge in [0.05, 0.1) is 12.6 Å². The zero-order chi connectivity index (χ0) is 22.5. The maximum Gasteiger partial charge on any atom is 0.127 e. The molecule has 0 radical (unpaired) electrons. The summed E-state index contributed by atoms with van der Waals surface area (Å²) in [6, 6.07) is 31.6. The number of ether oxygens (including phenoxy) is 2. The molecule has 33 heavy (non-hydrogen) atoms. The van der Waals surface area contributed by atoms with E-state index in [0.717, 1.165) is 43.3 Å². The number of aromatic nitrogens is 1. The van der Waals surface area contributed by atoms with Crippen molar-refractivity contribution in [2.45, 2.75) is 32.5 Å². The maximum atomic E-state index is 6.16. The van der Waals surface area contributed by atoms with Crippen LogP contribution in [-0.4, -0.2) is 22.6 Å². The maximum absolute atomic E-state index is 6.16. The van der Waals surface area contributed by atoms with E-state index in [1.165, 1.54) is 16.8 Å². The molecule has 1 aliphatic heterocycles. The Hall–Kier alpha value is -3.50. The number of benzene rings is 3. The summed E-state index contributed by atoms with van der Waals surface area (Å²) in [7, 11) is 0. The number of nitrogens with zero attached hydrogens (tertiary/aromatic N) is 2. The lowest BCUT2D eigenvalue weighted by Gasteiger charge is -2.31. The van der Waals surface area contributed by atoms with Crippen molar-refractivity contribution in [2.75, 3.05) is 13.2 Å². The Morgan fingerprint density at radius 1 is 0.788 bits per heavy atom. The Morgan fingerprint density at radius 2 is 1.61 bits per heavy atom. The molecule has 0 saturated carbocycles. The van der Waals surface area contributed by atoms with Crippen molar-refractivity contribution < 1.29 is 9.47 Å². The van der Waals surface area contributed by atoms with E-state index in [2.05, 4.69) is 70.3 Å². The highest BCUT2D eigenvalue weighted by Crippen LogP contribution is 2.35. The molecule has 168 valence electrons. The Bertz CT molecular complexity index is 1170. The molecule has 1 aromatic heterocycles. The summed E-state index contributed by atoms with van der Waals surface area (Å²) < 4.78 is 14.2. The van der Waals surface area contributed by atoms with Crippen LogP contribution in [0, 0.1) is 0 Å². The van der Waals surface area contributed by atoms with Crippen LogP contribution in [0.3, 0.4) is 0 Å². The fourth-order valence-corrected chi connectivity index (χ4v) is 4.66. The number of aryl methyl sites for hydroxylation is 1. The van der Waals surface area contributed by atoms with E-state index < -0.39 is 0 Å². The fraction of sp³-hybridized carbons (Fsp3) is 0.241. The first-order valence-corrected chi connectivity index (χ1v) is 11.7. The van der Waals surface area contributed by atoms with E-state index in [9.17, 15) is 0 Å². The minimum absolute atomic E-state index is 0.161. The van der Waals surface area contributed by atoms with Gasteiger partial charge in [0.25, 0.3) is 0 Å². The highest BCUT2D eigenvalue weighted by atomic mass is 16.5. The number of hydrogen-bond acceptors (Lipinski definition) is 3. The molecule has 0 saturated heterocycles. The summed E-state index contributed by atoms with van der Waals surface area (Å²) in [6.45, 7) is 5.65. The van der Waals surface area contributed by atoms with E-state index >= 15 is 0 Å². The summed E-state index contributed by atoms with van der Waals surface area (Å²) >= 11 is 0. The second kappa shape index (κ2) is 9.97. The molecule has 4 nitrogen and oxygen atoms in total. The summed E-state index contributed by atoms with van der Waals surface area (Å²) in [5.74, 6) is 2.64. The van der Waals surface area contributed by atoms with Crippen molar-refractivity contribution in [3.05, 3.63) is 114 Å². The number of para-hydroxylation sites is 1. The van der Waals surface area contributed by atoms with Crippen LogP contribution in [0.4, 0.5) is 0 Å². The van der Waals surface area contributed by atoms with Gasteiger partial charge >= 0.3 is 0 Å². The standard InChI is InChI=1S/C29H30N2O2/c1-2-32-25-16-14-23(15-17-25)22-31-20-8-19-30-18-7-13-28(30)29(31)24-9-6-12-27(21-24)33-26-10-4-3-5-11-26/h3-7,9-18,21,29H,2,8,19-20,22H2,1H3/t29-/m0/s1. The first kappa shape index (κ1) is 21.4. The van der Waals surface area contributed by atoms with Crippen LogP contribution in [0.2, 0.25) is 0 Å². The number of fused-ring (bicyclic) bond motifs is 1. The van der Waals surface area contributed by atoms with E-state index in [1.54, 1.807) is 0 Å². The van der Waals surface area contributed by atoms with Gasteiger partial charge in [0.2, 0.25) is 0 Å². The predicted molar refractivity (Wildman–Crippen MR) is 132 cm³/mol. The van der Waals surface area contributed by atoms with Gasteiger partial charge in [0.1, 0.15) is 17.2 Å². The normalized spacial score (nSPS) is 16.1. The minimum atomic E-state index is 0.161. The van der Waals surface area contributed by atoms with Crippen molar-refractivity contribution >= 4 is 0 Å². The van der Waals surface area contributed by atoms with Crippen LogP contribution in [0.15, 0.2) is 97.2 Å². The highest BCUT2D eigenvalue weighted by Gasteiger charge is 2.27. The molecule has 4 aromatic rings.